The van der Waals surface area contributed by atoms with E-state index in [4.69, 9.17) is 4.98 Å². The van der Waals surface area contributed by atoms with Gasteiger partial charge in [0.05, 0.1) is 12.2 Å². The van der Waals surface area contributed by atoms with Crippen molar-refractivity contribution in [3.05, 3.63) is 65.7 Å². The van der Waals surface area contributed by atoms with E-state index < -0.39 is 0 Å². The lowest BCUT2D eigenvalue weighted by atomic mass is 9.83. The summed E-state index contributed by atoms with van der Waals surface area (Å²) in [6.07, 6.45) is 11.2. The van der Waals surface area contributed by atoms with Gasteiger partial charge in [-0.05, 0) is 48.1 Å². The number of hydrogen-bond donors (Lipinski definition) is 1. The first-order chi connectivity index (χ1) is 14.8. The van der Waals surface area contributed by atoms with Gasteiger partial charge in [0.2, 0.25) is 0 Å². The van der Waals surface area contributed by atoms with Crippen LogP contribution in [0, 0.1) is 0 Å². The molecule has 6 nitrogen and oxygen atoms in total. The molecule has 150 valence electrons. The molecule has 1 saturated carbocycles. The van der Waals surface area contributed by atoms with Crippen molar-refractivity contribution in [2.45, 2.75) is 44.6 Å². The lowest BCUT2D eigenvalue weighted by Crippen LogP contribution is -2.12. The number of fused-ring (bicyclic) bond motifs is 1. The summed E-state index contributed by atoms with van der Waals surface area (Å²) < 4.78 is 0. The van der Waals surface area contributed by atoms with Crippen LogP contribution in [0.4, 0.5) is 11.5 Å². The second-order valence-electron chi connectivity index (χ2n) is 7.91. The minimum absolute atomic E-state index is 0.395. The minimum atomic E-state index is 0.395. The van der Waals surface area contributed by atoms with Crippen LogP contribution in [0.25, 0.3) is 11.3 Å². The van der Waals surface area contributed by atoms with Crippen molar-refractivity contribution in [1.29, 1.82) is 0 Å². The number of Topliss-reactive ketones (excluding diaryl/α,β-unsaturated/α-hetero) is 1. The standard InChI is InChI=1S/C24H23N5O/c30-21-7-3-17(4-8-21)16-1-5-20(6-2-16)28-24-22-14-25-10-9-18(22)11-23(29-24)19-12-26-15-27-13-19/h1-2,5-6,10-13,15,17H,3-4,7-9,14H2,(H,28,29). The van der Waals surface area contributed by atoms with Crippen molar-refractivity contribution < 1.29 is 4.79 Å². The smallest absolute Gasteiger partial charge is 0.136 e. The van der Waals surface area contributed by atoms with Gasteiger partial charge in [-0.2, -0.15) is 0 Å². The number of benzene rings is 1. The molecule has 1 aliphatic carbocycles. The molecule has 0 bridgehead atoms. The van der Waals surface area contributed by atoms with Crippen LogP contribution in [0.3, 0.4) is 0 Å². The summed E-state index contributed by atoms with van der Waals surface area (Å²) >= 11 is 0. The second-order valence-corrected chi connectivity index (χ2v) is 7.91. The van der Waals surface area contributed by atoms with Crippen molar-refractivity contribution in [2.75, 3.05) is 5.32 Å². The Morgan fingerprint density at radius 3 is 2.53 bits per heavy atom. The van der Waals surface area contributed by atoms with Crippen LogP contribution in [0.5, 0.6) is 0 Å². The van der Waals surface area contributed by atoms with E-state index in [1.165, 1.54) is 17.5 Å². The van der Waals surface area contributed by atoms with Crippen molar-refractivity contribution in [1.82, 2.24) is 15.0 Å². The van der Waals surface area contributed by atoms with Crippen LogP contribution >= 0.6 is 0 Å². The maximum Gasteiger partial charge on any atom is 0.136 e. The quantitative estimate of drug-likeness (QED) is 0.694. The van der Waals surface area contributed by atoms with Gasteiger partial charge in [0, 0.05) is 54.7 Å². The van der Waals surface area contributed by atoms with E-state index in [0.717, 1.165) is 47.6 Å². The van der Waals surface area contributed by atoms with Gasteiger partial charge in [-0.1, -0.05) is 12.1 Å². The van der Waals surface area contributed by atoms with Crippen LogP contribution in [-0.2, 0) is 17.8 Å². The Balaban J connectivity index is 1.42. The lowest BCUT2D eigenvalue weighted by Gasteiger charge is -2.22. The van der Waals surface area contributed by atoms with E-state index in [1.54, 1.807) is 12.4 Å². The third-order valence-electron chi connectivity index (χ3n) is 5.95. The number of aromatic nitrogens is 3. The molecular formula is C24H23N5O. The number of pyridine rings is 1. The highest BCUT2D eigenvalue weighted by molar-refractivity contribution is 5.79. The molecule has 1 aromatic carbocycles. The molecule has 1 fully saturated rings. The van der Waals surface area contributed by atoms with Crippen LogP contribution in [0.2, 0.25) is 0 Å². The SMILES string of the molecule is O=C1CCC(c2ccc(Nc3nc(-c4cncnc4)cc4c3CN=CC4)cc2)CC1. The highest BCUT2D eigenvalue weighted by Gasteiger charge is 2.20. The zero-order valence-corrected chi connectivity index (χ0v) is 16.7. The van der Waals surface area contributed by atoms with Gasteiger partial charge < -0.3 is 5.32 Å². The normalized spacial score (nSPS) is 16.3. The molecule has 3 aromatic rings. The molecule has 0 spiro atoms. The molecule has 5 rings (SSSR count). The average molecular weight is 397 g/mol. The van der Waals surface area contributed by atoms with Gasteiger partial charge in [-0.3, -0.25) is 9.79 Å². The Bertz CT molecular complexity index is 1080. The Labute approximate surface area is 175 Å². The molecule has 3 heterocycles. The summed E-state index contributed by atoms with van der Waals surface area (Å²) in [6, 6.07) is 10.6. The zero-order valence-electron chi connectivity index (χ0n) is 16.7. The number of rotatable bonds is 4. The van der Waals surface area contributed by atoms with Crippen LogP contribution in [0.1, 0.15) is 48.3 Å². The van der Waals surface area contributed by atoms with E-state index in [0.29, 0.717) is 31.1 Å². The molecule has 0 saturated heterocycles. The number of carbonyl (C=O) groups excluding carboxylic acids is 1. The van der Waals surface area contributed by atoms with Gasteiger partial charge in [0.25, 0.3) is 0 Å². The fourth-order valence-electron chi connectivity index (χ4n) is 4.23. The van der Waals surface area contributed by atoms with Gasteiger partial charge in [0.15, 0.2) is 0 Å². The fraction of sp³-hybridized carbons (Fsp3) is 0.292. The summed E-state index contributed by atoms with van der Waals surface area (Å²) in [6.45, 7) is 0.629. The van der Waals surface area contributed by atoms with Gasteiger partial charge in [0.1, 0.15) is 17.9 Å². The minimum Gasteiger partial charge on any atom is -0.340 e. The predicted octanol–water partition coefficient (Wildman–Crippen LogP) is 4.64. The third-order valence-corrected chi connectivity index (χ3v) is 5.95. The van der Waals surface area contributed by atoms with E-state index in [2.05, 4.69) is 50.6 Å². The molecular weight excluding hydrogens is 374 g/mol. The summed E-state index contributed by atoms with van der Waals surface area (Å²) in [4.78, 5) is 29.1. The Morgan fingerprint density at radius 2 is 1.77 bits per heavy atom. The molecule has 30 heavy (non-hydrogen) atoms. The summed E-state index contributed by atoms with van der Waals surface area (Å²) in [7, 11) is 0. The number of nitrogens with zero attached hydrogens (tertiary/aromatic N) is 4. The second kappa shape index (κ2) is 8.14. The number of anilines is 2. The van der Waals surface area contributed by atoms with Crippen molar-refractivity contribution in [3.63, 3.8) is 0 Å². The Hall–Kier alpha value is -3.41. The third kappa shape index (κ3) is 3.85. The van der Waals surface area contributed by atoms with E-state index in [-0.39, 0.29) is 0 Å². The summed E-state index contributed by atoms with van der Waals surface area (Å²) in [5.41, 5.74) is 6.42. The maximum absolute atomic E-state index is 11.5. The number of carbonyl (C=O) groups is 1. The van der Waals surface area contributed by atoms with Gasteiger partial charge >= 0.3 is 0 Å². The molecule has 2 aromatic heterocycles. The average Bonchev–Trinajstić information content (AvgIpc) is 2.81. The highest BCUT2D eigenvalue weighted by Crippen LogP contribution is 2.33. The van der Waals surface area contributed by atoms with Crippen LogP contribution in [0.15, 0.2) is 54.0 Å². The van der Waals surface area contributed by atoms with Gasteiger partial charge in [-0.25, -0.2) is 15.0 Å². The molecule has 0 atom stereocenters. The van der Waals surface area contributed by atoms with E-state index in [9.17, 15) is 4.79 Å². The number of ketones is 1. The predicted molar refractivity (Wildman–Crippen MR) is 117 cm³/mol. The van der Waals surface area contributed by atoms with E-state index >= 15 is 0 Å². The van der Waals surface area contributed by atoms with Crippen molar-refractivity contribution >= 4 is 23.5 Å². The lowest BCUT2D eigenvalue weighted by molar-refractivity contribution is -0.120. The Morgan fingerprint density at radius 1 is 1.00 bits per heavy atom. The van der Waals surface area contributed by atoms with Crippen LogP contribution in [-0.4, -0.2) is 26.9 Å². The number of nitrogens with one attached hydrogen (secondary N) is 1. The number of hydrogen-bond acceptors (Lipinski definition) is 6. The largest absolute Gasteiger partial charge is 0.340 e. The zero-order chi connectivity index (χ0) is 20.3. The summed E-state index contributed by atoms with van der Waals surface area (Å²) in [5, 5.41) is 3.50. The molecule has 0 radical (unpaired) electrons. The van der Waals surface area contributed by atoms with Crippen LogP contribution < -0.4 is 5.32 Å². The fourth-order valence-corrected chi connectivity index (χ4v) is 4.23. The first-order valence-corrected chi connectivity index (χ1v) is 10.4. The topological polar surface area (TPSA) is 80.1 Å². The first kappa shape index (κ1) is 18.6. The molecule has 1 N–H and O–H groups in total. The summed E-state index contributed by atoms with van der Waals surface area (Å²) in [5.74, 6) is 1.71. The molecule has 2 aliphatic rings. The molecule has 0 unspecified atom stereocenters. The van der Waals surface area contributed by atoms with Crippen molar-refractivity contribution in [2.24, 2.45) is 4.99 Å². The molecule has 6 heteroatoms. The van der Waals surface area contributed by atoms with Crippen molar-refractivity contribution in [3.8, 4) is 11.3 Å². The molecule has 0 amide bonds. The number of aliphatic imine (C=N–C) groups is 1. The first-order valence-electron chi connectivity index (χ1n) is 10.4. The van der Waals surface area contributed by atoms with E-state index in [1.807, 2.05) is 6.21 Å². The Kier molecular flexibility index (Phi) is 5.05. The molecule has 1 aliphatic heterocycles. The monoisotopic (exact) mass is 397 g/mol. The van der Waals surface area contributed by atoms with Gasteiger partial charge in [-0.15, -0.1) is 0 Å². The maximum atomic E-state index is 11.5. The highest BCUT2D eigenvalue weighted by atomic mass is 16.1.